The van der Waals surface area contributed by atoms with Crippen molar-refractivity contribution in [3.63, 3.8) is 0 Å². The Kier molecular flexibility index (Phi) is 7.43. The van der Waals surface area contributed by atoms with Crippen molar-refractivity contribution in [3.05, 3.63) is 35.9 Å². The summed E-state index contributed by atoms with van der Waals surface area (Å²) in [6.07, 6.45) is -10.9. The number of aliphatic hydroxyl groups is 5. The van der Waals surface area contributed by atoms with E-state index in [4.69, 9.17) is 14.2 Å². The first-order valence-electron chi connectivity index (χ1n) is 11.4. The number of nitrogens with one attached hydrogen (secondary N) is 2. The summed E-state index contributed by atoms with van der Waals surface area (Å²) in [5.41, 5.74) is 0.194. The quantitative estimate of drug-likeness (QED) is 0.147. The van der Waals surface area contributed by atoms with E-state index < -0.39 is 84.6 Å². The summed E-state index contributed by atoms with van der Waals surface area (Å²) < 4.78 is 15.8. The van der Waals surface area contributed by atoms with Crippen molar-refractivity contribution in [2.75, 3.05) is 20.3 Å². The van der Waals surface area contributed by atoms with Crippen LogP contribution in [0.3, 0.4) is 0 Å². The number of ether oxygens (including phenoxy) is 3. The molecule has 36 heavy (non-hydrogen) atoms. The molecule has 2 fully saturated rings. The zero-order valence-corrected chi connectivity index (χ0v) is 19.7. The molecule has 14 nitrogen and oxygen atoms in total. The third kappa shape index (κ3) is 4.30. The number of quaternary nitrogens is 1. The molecule has 0 aliphatic carbocycles. The van der Waals surface area contributed by atoms with Crippen molar-refractivity contribution in [2.45, 2.75) is 61.8 Å². The van der Waals surface area contributed by atoms with Crippen LogP contribution < -0.4 is 10.6 Å². The fourth-order valence-electron chi connectivity index (χ4n) is 4.60. The van der Waals surface area contributed by atoms with Gasteiger partial charge in [0.05, 0.1) is 18.8 Å². The van der Waals surface area contributed by atoms with Gasteiger partial charge in [0.2, 0.25) is 18.8 Å². The first-order chi connectivity index (χ1) is 17.1. The highest BCUT2D eigenvalue weighted by atomic mass is 16.6. The third-order valence-electron chi connectivity index (χ3n) is 6.80. The lowest BCUT2D eigenvalue weighted by Crippen LogP contribution is -2.77. The number of aliphatic hydroxyl groups excluding tert-OH is 5. The van der Waals surface area contributed by atoms with Crippen LogP contribution in [0.4, 0.5) is 4.79 Å². The number of amides is 2. The number of esters is 1. The molecule has 1 aromatic rings. The molecule has 3 heterocycles. The van der Waals surface area contributed by atoms with E-state index >= 15 is 0 Å². The van der Waals surface area contributed by atoms with Gasteiger partial charge in [-0.25, -0.2) is 9.59 Å². The molecular weight excluding hydrogens is 480 g/mol. The Morgan fingerprint density at radius 2 is 1.69 bits per heavy atom. The summed E-state index contributed by atoms with van der Waals surface area (Å²) in [6, 6.07) is 7.13. The number of hydrogen-bond acceptors (Lipinski definition) is 12. The number of nitrogens with zero attached hydrogens (tertiary/aromatic N) is 2. The number of benzene rings is 1. The van der Waals surface area contributed by atoms with Crippen LogP contribution in [0.5, 0.6) is 0 Å². The molecule has 7 N–H and O–H groups in total. The lowest BCUT2D eigenvalue weighted by atomic mass is 10.1. The van der Waals surface area contributed by atoms with Crippen LogP contribution in [0.25, 0.3) is 0 Å². The number of rotatable bonds is 7. The second kappa shape index (κ2) is 10.1. The fourth-order valence-corrected chi connectivity index (χ4v) is 4.60. The largest absolute Gasteiger partial charge is 0.453 e. The maximum Gasteiger partial charge on any atom is 0.429 e. The number of urea groups is 1. The molecule has 0 radical (unpaired) electrons. The Morgan fingerprint density at radius 3 is 2.25 bits per heavy atom. The van der Waals surface area contributed by atoms with Crippen molar-refractivity contribution in [1.82, 2.24) is 10.6 Å². The zero-order valence-electron chi connectivity index (χ0n) is 19.7. The normalized spacial score (nSPS) is 42.4. The maximum atomic E-state index is 13.6. The molecule has 1 aromatic carbocycles. The van der Waals surface area contributed by atoms with Gasteiger partial charge in [-0.15, -0.1) is 4.48 Å². The van der Waals surface area contributed by atoms with Crippen molar-refractivity contribution in [1.29, 1.82) is 0 Å². The number of hydrogen-bond donors (Lipinski definition) is 7. The minimum atomic E-state index is -1.70. The Labute approximate surface area is 206 Å². The molecule has 2 unspecified atom stereocenters. The van der Waals surface area contributed by atoms with Gasteiger partial charge in [0.1, 0.15) is 18.3 Å². The molecule has 0 spiro atoms. The Hall–Kier alpha value is -2.53. The van der Waals surface area contributed by atoms with E-state index in [-0.39, 0.29) is 5.56 Å². The highest BCUT2D eigenvalue weighted by molar-refractivity contribution is 5.89. The summed E-state index contributed by atoms with van der Waals surface area (Å²) in [6.45, 7) is 0.217. The van der Waals surface area contributed by atoms with Gasteiger partial charge in [-0.1, -0.05) is 18.2 Å². The minimum Gasteiger partial charge on any atom is -0.453 e. The van der Waals surface area contributed by atoms with E-state index in [1.807, 2.05) is 0 Å². The van der Waals surface area contributed by atoms with E-state index in [1.54, 1.807) is 32.2 Å². The van der Waals surface area contributed by atoms with Crippen molar-refractivity contribution >= 4 is 18.3 Å². The summed E-state index contributed by atoms with van der Waals surface area (Å²) in [7, 11) is 1.55. The van der Waals surface area contributed by atoms with Gasteiger partial charge in [-0.2, -0.15) is 4.99 Å². The first-order valence-corrected chi connectivity index (χ1v) is 11.4. The zero-order chi connectivity index (χ0) is 26.3. The van der Waals surface area contributed by atoms with Gasteiger partial charge >= 0.3 is 12.0 Å². The van der Waals surface area contributed by atoms with Gasteiger partial charge in [0.25, 0.3) is 0 Å². The van der Waals surface area contributed by atoms with Crippen LogP contribution in [-0.2, 0) is 14.2 Å². The second-order valence-electron chi connectivity index (χ2n) is 9.03. The van der Waals surface area contributed by atoms with Crippen LogP contribution in [-0.4, -0.2) is 123 Å². The van der Waals surface area contributed by atoms with Gasteiger partial charge in [-0.05, 0) is 26.1 Å². The van der Waals surface area contributed by atoms with Gasteiger partial charge < -0.3 is 39.7 Å². The highest BCUT2D eigenvalue weighted by Crippen LogP contribution is 2.39. The fraction of sp³-hybridized carbons (Fsp3) is 0.591. The van der Waals surface area contributed by atoms with E-state index in [0.717, 1.165) is 6.34 Å². The molecule has 3 aliphatic rings. The molecule has 2 amide bonds. The topological polar surface area (TPSA) is 199 Å². The van der Waals surface area contributed by atoms with Crippen LogP contribution in [0, 0.1) is 0 Å². The van der Waals surface area contributed by atoms with E-state index in [1.165, 1.54) is 12.1 Å². The monoisotopic (exact) mass is 511 g/mol. The lowest BCUT2D eigenvalue weighted by molar-refractivity contribution is -0.867. The summed E-state index contributed by atoms with van der Waals surface area (Å²) in [5.74, 6) is -2.04. The molecule has 10 atom stereocenters. The van der Waals surface area contributed by atoms with Crippen molar-refractivity contribution in [3.8, 4) is 0 Å². The number of carbonyl (C=O) groups excluding carboxylic acids is 2. The third-order valence-corrected chi connectivity index (χ3v) is 6.80. The molecule has 2 saturated heterocycles. The average Bonchev–Trinajstić information content (AvgIpc) is 3.36. The predicted molar refractivity (Wildman–Crippen MR) is 120 cm³/mol. The molecule has 0 bridgehead atoms. The summed E-state index contributed by atoms with van der Waals surface area (Å²) in [4.78, 5) is 30.6. The Morgan fingerprint density at radius 1 is 1.08 bits per heavy atom. The van der Waals surface area contributed by atoms with Gasteiger partial charge in [-0.3, -0.25) is 10.6 Å². The molecule has 3 aliphatic heterocycles. The molecule has 0 saturated carbocycles. The first kappa shape index (κ1) is 26.5. The predicted octanol–water partition coefficient (Wildman–Crippen LogP) is -2.81. The average molecular weight is 512 g/mol. The Balaban J connectivity index is 1.72. The van der Waals surface area contributed by atoms with Crippen LogP contribution >= 0.6 is 0 Å². The second-order valence-corrected chi connectivity index (χ2v) is 9.03. The SMILES string of the molecule is CNC1(C)N=C[N+]([C@@H]2O[C@H](CO)[C@@H](O)[C@H]2O)([C@@H]2O[C@H](CO)[C@@H](OC(=O)c3ccccc3)[C@@H]2O)C(=O)N1. The molecular formula is C22H31N4O10+. The van der Waals surface area contributed by atoms with Crippen LogP contribution in [0.15, 0.2) is 35.3 Å². The smallest absolute Gasteiger partial charge is 0.429 e. The number of aliphatic imine (C=N–C) groups is 1. The molecule has 14 heteroatoms. The Bertz CT molecular complexity index is 998. The van der Waals surface area contributed by atoms with E-state index in [2.05, 4.69) is 15.6 Å². The maximum absolute atomic E-state index is 13.6. The number of carbonyl (C=O) groups is 2. The summed E-state index contributed by atoms with van der Waals surface area (Å²) in [5, 5.41) is 57.3. The lowest BCUT2D eigenvalue weighted by Gasteiger charge is -2.45. The highest BCUT2D eigenvalue weighted by Gasteiger charge is 2.68. The molecule has 198 valence electrons. The molecule has 4 rings (SSSR count). The van der Waals surface area contributed by atoms with Crippen molar-refractivity contribution in [2.24, 2.45) is 4.99 Å². The minimum absolute atomic E-state index is 0.194. The van der Waals surface area contributed by atoms with Gasteiger partial charge in [0.15, 0.2) is 24.1 Å². The van der Waals surface area contributed by atoms with Crippen LogP contribution in [0.1, 0.15) is 17.3 Å². The van der Waals surface area contributed by atoms with Crippen molar-refractivity contribution < 1.29 is 53.8 Å². The summed E-state index contributed by atoms with van der Waals surface area (Å²) >= 11 is 0. The standard InChI is InChI=1S/C22H30N4O10/c1-22(23-2)24-10-26(21(33)25-22,18-15(30)14(29)12(8-27)34-18)19-16(31)17(13(9-28)35-19)36-20(32)11-6-4-3-5-7-11/h3-7,10,12-19,23,27-31H,8-9H2,1-2H3/p+1/t12-,13-,14-,15-,16+,17-,18-,19-,22?,26?/m1/s1. The molecule has 0 aromatic heterocycles. The van der Waals surface area contributed by atoms with E-state index in [0.29, 0.717) is 0 Å². The van der Waals surface area contributed by atoms with Crippen LogP contribution in [0.2, 0.25) is 0 Å². The van der Waals surface area contributed by atoms with E-state index in [9.17, 15) is 35.1 Å². The van der Waals surface area contributed by atoms with Gasteiger partial charge in [0, 0.05) is 0 Å².